The number of pyridine rings is 2. The molecule has 4 heterocycles. The number of aryl methyl sites for hydroxylation is 6. The van der Waals surface area contributed by atoms with E-state index < -0.39 is 129 Å². The van der Waals surface area contributed by atoms with Gasteiger partial charge < -0.3 is 55.7 Å². The SMILES string of the molecule is C.C.Cc1cc(CCC[C@@H](C(=O)N[C@H](C(=O)NC(C)c2cccnc2)C(C)(C)C)C(O)C(=O)NO)ccc1-c1ccccc1.Cc1cc(CCC[C@@H](C(=O)N[C@H](C(=O)N[C@H](C)c2cccnc2)C(C)(C)C)[C@@H]2OC(C)(C)OC2=O)ccc1-c1ccccc1.Cc1cc(CCC[C@@H](C(=O)N[C@H](C(=O)O)C(C)(C)C)[C@@H]2OC(C)(C)OC2=O)ccc1-c1ccccc1. The van der Waals surface area contributed by atoms with Crippen molar-refractivity contribution in [1.29, 1.82) is 0 Å². The third-order valence-electron chi connectivity index (χ3n) is 21.9. The second-order valence-corrected chi connectivity index (χ2v) is 36.0. The van der Waals surface area contributed by atoms with E-state index in [0.29, 0.717) is 44.9 Å². The molecule has 8 aromatic rings. The lowest BCUT2D eigenvalue weighted by atomic mass is 9.84. The summed E-state index contributed by atoms with van der Waals surface area (Å²) in [7, 11) is 0. The van der Waals surface area contributed by atoms with E-state index in [1.807, 2.05) is 141 Å². The number of rotatable bonds is 32. The number of carbonyl (C=O) groups is 9. The van der Waals surface area contributed by atoms with Crippen LogP contribution in [-0.2, 0) is 81.4 Å². The zero-order chi connectivity index (χ0) is 89.6. The summed E-state index contributed by atoms with van der Waals surface area (Å²) in [5, 5.41) is 43.8. The Hall–Kier alpha value is -11.3. The van der Waals surface area contributed by atoms with E-state index in [1.54, 1.807) is 79.3 Å². The van der Waals surface area contributed by atoms with E-state index >= 15 is 0 Å². The minimum Gasteiger partial charge on any atom is -0.480 e. The highest BCUT2D eigenvalue weighted by atomic mass is 16.8. The summed E-state index contributed by atoms with van der Waals surface area (Å²) in [6.07, 6.45) is 7.39. The summed E-state index contributed by atoms with van der Waals surface area (Å²) in [4.78, 5) is 125. The largest absolute Gasteiger partial charge is 0.480 e. The Morgan fingerprint density at radius 3 is 1.03 bits per heavy atom. The first kappa shape index (κ1) is 101. The normalized spacial score (nSPS) is 16.7. The third-order valence-corrected chi connectivity index (χ3v) is 21.9. The van der Waals surface area contributed by atoms with Crippen molar-refractivity contribution in [3.63, 3.8) is 0 Å². The number of carboxylic acids is 1. The van der Waals surface area contributed by atoms with Gasteiger partial charge in [-0.05, 0) is 199 Å². The van der Waals surface area contributed by atoms with Gasteiger partial charge in [0.25, 0.3) is 5.91 Å². The van der Waals surface area contributed by atoms with Crippen LogP contribution in [0.1, 0.15) is 214 Å². The minimum absolute atomic E-state index is 0. The van der Waals surface area contributed by atoms with Crippen LogP contribution in [-0.4, -0.2) is 127 Å². The average molecular weight is 1700 g/mol. The van der Waals surface area contributed by atoms with Gasteiger partial charge in [-0.15, -0.1) is 0 Å². The molecule has 6 amide bonds. The topological polar surface area (TPSA) is 349 Å². The molecule has 2 aliphatic rings. The highest BCUT2D eigenvalue weighted by molar-refractivity contribution is 5.94. The number of cyclic esters (lactones) is 2. The predicted octanol–water partition coefficient (Wildman–Crippen LogP) is 16.5. The van der Waals surface area contributed by atoms with Gasteiger partial charge in [0.2, 0.25) is 41.1 Å². The van der Waals surface area contributed by atoms with Crippen LogP contribution in [0.3, 0.4) is 0 Å². The number of ether oxygens (including phenoxy) is 4. The van der Waals surface area contributed by atoms with Crippen LogP contribution in [0.2, 0.25) is 0 Å². The van der Waals surface area contributed by atoms with E-state index in [4.69, 9.17) is 24.2 Å². The van der Waals surface area contributed by atoms with Gasteiger partial charge >= 0.3 is 17.9 Å². The Morgan fingerprint density at radius 2 is 0.750 bits per heavy atom. The number of aliphatic hydroxyl groups excluding tert-OH is 1. The number of amides is 6. The molecular formula is C100H132N8O16. The molecule has 24 heteroatoms. The van der Waals surface area contributed by atoms with Crippen molar-refractivity contribution in [2.45, 2.75) is 257 Å². The summed E-state index contributed by atoms with van der Waals surface area (Å²) in [5.41, 5.74) is 14.8. The standard InChI is InChI=1S/C36H45N3O5.C33H42N4O5.C29H37NO6.2CH4/c1-23-21-25(18-19-28(23)26-14-9-8-10-15-26)13-11-17-29(30-34(42)44-36(6,7)43-30)32(40)39-31(35(3,4)5)33(41)38-24(2)27-16-12-20-37-22-27;1-21-19-23(16-17-26(21)24-12-7-6-8-13-24)11-9-15-27(28(38)31(40)37-42)30(39)36-29(33(3,4)5)32(41)35-22(2)25-14-10-18-34-20-25;1-18-17-19(15-16-21(18)20-12-8-7-9-13-20)11-10-14-22(23-27(34)36-29(5,6)35-23)25(31)30-24(26(32)33)28(2,3)4;;/h8-10,12,14-16,18-22,24,29-31H,11,13,17H2,1-7H3,(H,38,41)(H,39,40);6-8,10,12-14,16-20,22,27-29,38,42H,9,11,15H2,1-5H3,(H,35,41)(H,36,39)(H,37,40);7-9,12-13,15-17,22-24H,10-11,14H2,1-6H3,(H,30,31)(H,32,33);2*1H4/t24-,29-,30+,31-;22?,27-,28?,29-;22-,23+,24-;;/m111../s1. The molecule has 2 aromatic heterocycles. The van der Waals surface area contributed by atoms with Gasteiger partial charge in [-0.2, -0.15) is 0 Å². The molecule has 124 heavy (non-hydrogen) atoms. The smallest absolute Gasteiger partial charge is 0.338 e. The first-order valence-electron chi connectivity index (χ1n) is 41.9. The van der Waals surface area contributed by atoms with Crippen LogP contribution in [0.25, 0.3) is 33.4 Å². The van der Waals surface area contributed by atoms with Crippen molar-refractivity contribution in [3.8, 4) is 33.4 Å². The van der Waals surface area contributed by atoms with Crippen LogP contribution in [0.15, 0.2) is 195 Å². The van der Waals surface area contributed by atoms with E-state index in [9.17, 15) is 53.4 Å². The van der Waals surface area contributed by atoms with E-state index in [1.165, 1.54) is 27.7 Å². The molecular weight excluding hydrogens is 1570 g/mol. The fraction of sp³-hybridized carbons (Fsp3) is 0.450. The number of benzene rings is 6. The Kier molecular flexibility index (Phi) is 37.1. The molecule has 10 rings (SSSR count). The lowest BCUT2D eigenvalue weighted by Crippen LogP contribution is -2.56. The Balaban J connectivity index is 0.000000287. The summed E-state index contributed by atoms with van der Waals surface area (Å²) in [6, 6.07) is 53.2. The zero-order valence-electron chi connectivity index (χ0n) is 73.7. The van der Waals surface area contributed by atoms with Crippen molar-refractivity contribution < 1.29 is 77.5 Å². The molecule has 11 atom stereocenters. The van der Waals surface area contributed by atoms with Gasteiger partial charge in [0.1, 0.15) is 24.2 Å². The lowest BCUT2D eigenvalue weighted by Gasteiger charge is -2.33. The molecule has 668 valence electrons. The van der Waals surface area contributed by atoms with E-state index in [0.717, 1.165) is 62.1 Å². The first-order chi connectivity index (χ1) is 57.4. The number of hydroxylamine groups is 1. The van der Waals surface area contributed by atoms with Gasteiger partial charge in [-0.3, -0.25) is 43.9 Å². The van der Waals surface area contributed by atoms with Gasteiger partial charge in [-0.1, -0.05) is 235 Å². The monoisotopic (exact) mass is 1700 g/mol. The summed E-state index contributed by atoms with van der Waals surface area (Å²) in [5.74, 6) is -10.8. The number of esters is 2. The van der Waals surface area contributed by atoms with Crippen LogP contribution in [0.4, 0.5) is 0 Å². The number of nitrogens with one attached hydrogen (secondary N) is 6. The number of aliphatic carboxylic acids is 1. The van der Waals surface area contributed by atoms with Crippen molar-refractivity contribution in [1.82, 2.24) is 42.0 Å². The summed E-state index contributed by atoms with van der Waals surface area (Å²) < 4.78 is 22.4. The van der Waals surface area contributed by atoms with Gasteiger partial charge in [0, 0.05) is 52.5 Å². The zero-order valence-corrected chi connectivity index (χ0v) is 73.7. The number of aliphatic hydroxyl groups is 1. The highest BCUT2D eigenvalue weighted by Crippen LogP contribution is 2.36. The second kappa shape index (κ2) is 45.4. The first-order valence-corrected chi connectivity index (χ1v) is 41.9. The quantitative estimate of drug-likeness (QED) is 0.0107. The molecule has 2 unspecified atom stereocenters. The number of nitrogens with zero attached hydrogens (tertiary/aromatic N) is 2. The van der Waals surface area contributed by atoms with Gasteiger partial charge in [-0.25, -0.2) is 19.9 Å². The Bertz CT molecular complexity index is 4860. The van der Waals surface area contributed by atoms with Crippen molar-refractivity contribution >= 4 is 53.4 Å². The van der Waals surface area contributed by atoms with Gasteiger partial charge in [0.05, 0.1) is 29.8 Å². The Morgan fingerprint density at radius 1 is 0.427 bits per heavy atom. The fourth-order valence-corrected chi connectivity index (χ4v) is 15.2. The molecule has 24 nitrogen and oxygen atoms in total. The summed E-state index contributed by atoms with van der Waals surface area (Å²) >= 11 is 0. The summed E-state index contributed by atoms with van der Waals surface area (Å²) in [6.45, 7) is 32.8. The van der Waals surface area contributed by atoms with Crippen molar-refractivity contribution in [2.24, 2.45) is 34.0 Å². The maximum atomic E-state index is 13.9. The molecule has 0 saturated carbocycles. The molecule has 9 N–H and O–H groups in total. The molecule has 0 radical (unpaired) electrons. The molecule has 2 saturated heterocycles. The van der Waals surface area contributed by atoms with Crippen LogP contribution < -0.4 is 32.1 Å². The molecule has 0 spiro atoms. The van der Waals surface area contributed by atoms with E-state index in [2.05, 4.69) is 135 Å². The van der Waals surface area contributed by atoms with Gasteiger partial charge in [0.15, 0.2) is 12.2 Å². The number of carboxylic acid groups (broad SMARTS) is 1. The van der Waals surface area contributed by atoms with Crippen LogP contribution in [0.5, 0.6) is 0 Å². The number of hydrogen-bond donors (Lipinski definition) is 9. The van der Waals surface area contributed by atoms with Crippen molar-refractivity contribution in [2.75, 3.05) is 0 Å². The fourth-order valence-electron chi connectivity index (χ4n) is 15.2. The van der Waals surface area contributed by atoms with Crippen LogP contribution in [0, 0.1) is 54.8 Å². The molecule has 6 aromatic carbocycles. The molecule has 0 aliphatic carbocycles. The highest BCUT2D eigenvalue weighted by Gasteiger charge is 2.51. The van der Waals surface area contributed by atoms with Crippen LogP contribution >= 0.6 is 0 Å². The molecule has 0 bridgehead atoms. The molecule has 2 fully saturated rings. The number of hydrogen-bond acceptors (Lipinski definition) is 17. The maximum Gasteiger partial charge on any atom is 0.338 e. The maximum absolute atomic E-state index is 13.9. The van der Waals surface area contributed by atoms with E-state index in [-0.39, 0.29) is 39.3 Å². The Labute approximate surface area is 733 Å². The lowest BCUT2D eigenvalue weighted by molar-refractivity contribution is -0.164. The predicted molar refractivity (Wildman–Crippen MR) is 482 cm³/mol. The second-order valence-electron chi connectivity index (χ2n) is 36.0. The number of carbonyl (C=O) groups excluding carboxylic acids is 8. The molecule has 2 aliphatic heterocycles. The van der Waals surface area contributed by atoms with Crippen molar-refractivity contribution in [3.05, 3.63) is 239 Å². The third kappa shape index (κ3) is 29.2. The minimum atomic E-state index is -1.80. The number of aromatic nitrogens is 2. The average Bonchev–Trinajstić information content (AvgIpc) is 1.67.